The number of aromatic amines is 1. The molecular weight excluding hydrogens is 175 g/mol. The number of nitrogens with two attached hydrogens (primary N) is 2. The number of nitrogens with one attached hydrogen (secondary N) is 1. The summed E-state index contributed by atoms with van der Waals surface area (Å²) in [6.45, 7) is 0. The molecule has 0 aliphatic rings. The van der Waals surface area contributed by atoms with Crippen molar-refractivity contribution in [1.29, 1.82) is 0 Å². The van der Waals surface area contributed by atoms with Gasteiger partial charge in [-0.3, -0.25) is 16.8 Å². The van der Waals surface area contributed by atoms with Crippen LogP contribution in [0, 0.1) is 5.82 Å². The predicted molar refractivity (Wildman–Crippen MR) is 48.0 cm³/mol. The molecule has 0 spiro atoms. The van der Waals surface area contributed by atoms with E-state index < -0.39 is 0 Å². The lowest BCUT2D eigenvalue weighted by Gasteiger charge is -1.87. The van der Waals surface area contributed by atoms with E-state index in [2.05, 4.69) is 21.9 Å². The van der Waals surface area contributed by atoms with Gasteiger partial charge < -0.3 is 5.48 Å². The number of benzene rings is 1. The minimum atomic E-state index is -0.255. The molecule has 0 amide bonds. The van der Waals surface area contributed by atoms with Gasteiger partial charge >= 0.3 is 0 Å². The lowest BCUT2D eigenvalue weighted by Crippen LogP contribution is -2.02. The summed E-state index contributed by atoms with van der Waals surface area (Å²) in [5, 5.41) is 7.07. The first-order chi connectivity index (χ1) is 5.88. The van der Waals surface area contributed by atoms with Gasteiger partial charge in [-0.1, -0.05) is 12.1 Å². The van der Waals surface area contributed by atoms with E-state index in [0.717, 1.165) is 5.39 Å². The van der Waals surface area contributed by atoms with Gasteiger partial charge in [0.15, 0.2) is 0 Å². The Labute approximate surface area is 73.8 Å². The Hall–Kier alpha value is -1.50. The van der Waals surface area contributed by atoms with E-state index in [-0.39, 0.29) is 11.3 Å². The Morgan fingerprint density at radius 1 is 1.31 bits per heavy atom. The maximum atomic E-state index is 12.7. The molecule has 0 atom stereocenters. The third kappa shape index (κ3) is 2.22. The van der Waals surface area contributed by atoms with Gasteiger partial charge in [-0.05, 0) is 6.07 Å². The highest BCUT2D eigenvalue weighted by Gasteiger charge is 1.98. The summed E-state index contributed by atoms with van der Waals surface area (Å²) in [6, 6.07) is 4.87. The SMILES string of the molecule is Fc1cccc2cn[nH]c12.NN.O. The minimum absolute atomic E-state index is 0. The molecule has 7 N–H and O–H groups in total. The van der Waals surface area contributed by atoms with Crippen LogP contribution in [0.25, 0.3) is 10.9 Å². The number of hydrogen-bond donors (Lipinski definition) is 3. The number of nitrogens with zero attached hydrogens (tertiary/aromatic N) is 1. The molecule has 0 radical (unpaired) electrons. The summed E-state index contributed by atoms with van der Waals surface area (Å²) in [6.07, 6.45) is 1.60. The number of fused-ring (bicyclic) bond motifs is 1. The molecular formula is C7H11FN4O. The zero-order valence-corrected chi connectivity index (χ0v) is 6.79. The van der Waals surface area contributed by atoms with Gasteiger partial charge in [0.25, 0.3) is 0 Å². The van der Waals surface area contributed by atoms with Crippen molar-refractivity contribution in [3.8, 4) is 0 Å². The first kappa shape index (κ1) is 11.5. The van der Waals surface area contributed by atoms with E-state index in [4.69, 9.17) is 0 Å². The molecule has 13 heavy (non-hydrogen) atoms. The summed E-state index contributed by atoms with van der Waals surface area (Å²) >= 11 is 0. The minimum Gasteiger partial charge on any atom is -0.412 e. The third-order valence-electron chi connectivity index (χ3n) is 1.43. The van der Waals surface area contributed by atoms with Crippen molar-refractivity contribution in [3.05, 3.63) is 30.2 Å². The maximum Gasteiger partial charge on any atom is 0.148 e. The smallest absolute Gasteiger partial charge is 0.148 e. The van der Waals surface area contributed by atoms with E-state index in [1.165, 1.54) is 6.07 Å². The van der Waals surface area contributed by atoms with Gasteiger partial charge in [0.05, 0.1) is 6.20 Å². The average molecular weight is 186 g/mol. The number of hydrazine groups is 1. The fraction of sp³-hybridized carbons (Fsp3) is 0. The monoisotopic (exact) mass is 186 g/mol. The van der Waals surface area contributed by atoms with E-state index >= 15 is 0 Å². The Morgan fingerprint density at radius 3 is 2.62 bits per heavy atom. The Kier molecular flexibility index (Phi) is 4.60. The first-order valence-corrected chi connectivity index (χ1v) is 3.29. The summed E-state index contributed by atoms with van der Waals surface area (Å²) < 4.78 is 12.7. The van der Waals surface area contributed by atoms with Crippen molar-refractivity contribution < 1.29 is 9.87 Å². The second-order valence-corrected chi connectivity index (χ2v) is 2.07. The van der Waals surface area contributed by atoms with E-state index in [1.54, 1.807) is 12.3 Å². The molecule has 0 fully saturated rings. The van der Waals surface area contributed by atoms with Crippen LogP contribution in [0.1, 0.15) is 0 Å². The highest BCUT2D eigenvalue weighted by Crippen LogP contribution is 2.12. The molecule has 72 valence electrons. The van der Waals surface area contributed by atoms with Crippen molar-refractivity contribution in [3.63, 3.8) is 0 Å². The quantitative estimate of drug-likeness (QED) is 0.387. The number of rotatable bonds is 0. The topological polar surface area (TPSA) is 112 Å². The van der Waals surface area contributed by atoms with Gasteiger partial charge in [0, 0.05) is 5.39 Å². The van der Waals surface area contributed by atoms with Crippen LogP contribution in [0.5, 0.6) is 0 Å². The van der Waals surface area contributed by atoms with E-state index in [0.29, 0.717) is 5.52 Å². The fourth-order valence-corrected chi connectivity index (χ4v) is 0.933. The zero-order chi connectivity index (χ0) is 8.97. The summed E-state index contributed by atoms with van der Waals surface area (Å²) in [5.41, 5.74) is 0.475. The van der Waals surface area contributed by atoms with Crippen molar-refractivity contribution >= 4 is 10.9 Å². The van der Waals surface area contributed by atoms with Crippen molar-refractivity contribution in [1.82, 2.24) is 10.2 Å². The molecule has 0 aliphatic carbocycles. The van der Waals surface area contributed by atoms with Crippen LogP contribution in [0.3, 0.4) is 0 Å². The second kappa shape index (κ2) is 5.20. The first-order valence-electron chi connectivity index (χ1n) is 3.29. The Balaban J connectivity index is 0.000000451. The molecule has 1 aromatic carbocycles. The maximum absolute atomic E-state index is 12.7. The number of para-hydroxylation sites is 1. The van der Waals surface area contributed by atoms with Gasteiger partial charge in [-0.25, -0.2) is 4.39 Å². The number of hydrogen-bond acceptors (Lipinski definition) is 3. The molecule has 2 aromatic rings. The summed E-state index contributed by atoms with van der Waals surface area (Å²) in [5.74, 6) is 7.75. The third-order valence-corrected chi connectivity index (χ3v) is 1.43. The van der Waals surface area contributed by atoms with Crippen LogP contribution in [0.2, 0.25) is 0 Å². The van der Waals surface area contributed by atoms with Crippen LogP contribution in [0.15, 0.2) is 24.4 Å². The largest absolute Gasteiger partial charge is 0.412 e. The zero-order valence-electron chi connectivity index (χ0n) is 6.79. The molecule has 1 heterocycles. The number of aromatic nitrogens is 2. The molecule has 1 aromatic heterocycles. The van der Waals surface area contributed by atoms with Crippen molar-refractivity contribution in [2.24, 2.45) is 11.7 Å². The van der Waals surface area contributed by atoms with Gasteiger partial charge in [-0.15, -0.1) is 0 Å². The lowest BCUT2D eigenvalue weighted by molar-refractivity contribution is 0.636. The molecule has 6 heteroatoms. The normalized spacial score (nSPS) is 8.54. The summed E-state index contributed by atoms with van der Waals surface area (Å²) in [7, 11) is 0. The standard InChI is InChI=1S/C7H5FN2.H4N2.H2O/c8-6-3-1-2-5-4-9-10-7(5)6;1-2;/h1-4H,(H,9,10);1-2H2;1H2. The predicted octanol–water partition coefficient (Wildman–Crippen LogP) is -0.304. The van der Waals surface area contributed by atoms with Crippen LogP contribution in [-0.4, -0.2) is 15.7 Å². The van der Waals surface area contributed by atoms with Crippen LogP contribution in [0.4, 0.5) is 4.39 Å². The molecule has 5 nitrogen and oxygen atoms in total. The van der Waals surface area contributed by atoms with Gasteiger partial charge in [0.2, 0.25) is 0 Å². The molecule has 0 saturated carbocycles. The van der Waals surface area contributed by atoms with Gasteiger partial charge in [0.1, 0.15) is 11.3 Å². The van der Waals surface area contributed by atoms with E-state index in [9.17, 15) is 4.39 Å². The highest BCUT2D eigenvalue weighted by molar-refractivity contribution is 5.78. The van der Waals surface area contributed by atoms with Crippen LogP contribution in [-0.2, 0) is 0 Å². The molecule has 0 saturated heterocycles. The number of H-pyrrole nitrogens is 1. The van der Waals surface area contributed by atoms with Crippen LogP contribution >= 0.6 is 0 Å². The number of halogens is 1. The molecule has 0 bridgehead atoms. The lowest BCUT2D eigenvalue weighted by atomic mass is 10.2. The Morgan fingerprint density at radius 2 is 2.00 bits per heavy atom. The van der Waals surface area contributed by atoms with Gasteiger partial charge in [-0.2, -0.15) is 5.10 Å². The highest BCUT2D eigenvalue weighted by atomic mass is 19.1. The molecule has 0 aliphatic heterocycles. The van der Waals surface area contributed by atoms with E-state index in [1.807, 2.05) is 6.07 Å². The average Bonchev–Trinajstić information content (AvgIpc) is 2.57. The molecule has 2 rings (SSSR count). The second-order valence-electron chi connectivity index (χ2n) is 2.07. The van der Waals surface area contributed by atoms with Crippen LogP contribution < -0.4 is 11.7 Å². The fourth-order valence-electron chi connectivity index (χ4n) is 0.933. The summed E-state index contributed by atoms with van der Waals surface area (Å²) in [4.78, 5) is 0. The van der Waals surface area contributed by atoms with Crippen molar-refractivity contribution in [2.45, 2.75) is 0 Å². The Bertz CT molecular complexity index is 362. The van der Waals surface area contributed by atoms with Crippen molar-refractivity contribution in [2.75, 3.05) is 0 Å². The molecule has 0 unspecified atom stereocenters.